The number of nitrogens with two attached hydrogens (primary N) is 1. The molecule has 0 saturated carbocycles. The summed E-state index contributed by atoms with van der Waals surface area (Å²) in [6, 6.07) is 8.79. The van der Waals surface area contributed by atoms with Crippen molar-refractivity contribution in [3.8, 4) is 0 Å². The van der Waals surface area contributed by atoms with Crippen molar-refractivity contribution < 1.29 is 43.4 Å². The van der Waals surface area contributed by atoms with Crippen LogP contribution in [0.2, 0.25) is 0 Å². The first-order valence-electron chi connectivity index (χ1n) is 17.7. The minimum atomic E-state index is -1.48. The van der Waals surface area contributed by atoms with E-state index in [1.807, 2.05) is 25.1 Å². The molecule has 0 aliphatic carbocycles. The Morgan fingerprint density at radius 1 is 0.906 bits per heavy atom. The Labute approximate surface area is 308 Å². The molecule has 0 radical (unpaired) electrons. The molecule has 0 spiro atoms. The fourth-order valence-electron chi connectivity index (χ4n) is 5.86. The number of anilines is 2. The molecule has 1 saturated heterocycles. The summed E-state index contributed by atoms with van der Waals surface area (Å²) < 4.78 is 4.74. The molecule has 6 amide bonds. The van der Waals surface area contributed by atoms with Crippen LogP contribution in [0.3, 0.4) is 0 Å². The minimum Gasteiger partial charge on any atom is -0.480 e. The predicted molar refractivity (Wildman–Crippen MR) is 197 cm³/mol. The number of esters is 1. The van der Waals surface area contributed by atoms with E-state index in [0.717, 1.165) is 12.7 Å². The van der Waals surface area contributed by atoms with Crippen LogP contribution in [0.4, 0.5) is 16.2 Å². The number of para-hydroxylation sites is 1. The number of aliphatic carboxylic acids is 1. The van der Waals surface area contributed by atoms with Gasteiger partial charge >= 0.3 is 18.0 Å². The normalized spacial score (nSPS) is 15.4. The van der Waals surface area contributed by atoms with Crippen molar-refractivity contribution in [2.75, 3.05) is 30.8 Å². The average Bonchev–Trinajstić information content (AvgIpc) is 3.62. The summed E-state index contributed by atoms with van der Waals surface area (Å²) >= 11 is 0. The quantitative estimate of drug-likeness (QED) is 0.0868. The van der Waals surface area contributed by atoms with Crippen LogP contribution in [0.15, 0.2) is 48.5 Å². The number of carbonyl (C=O) groups excluding carboxylic acids is 6. The second kappa shape index (κ2) is 20.5. The van der Waals surface area contributed by atoms with Gasteiger partial charge in [0, 0.05) is 17.9 Å². The highest BCUT2D eigenvalue weighted by Gasteiger charge is 2.40. The summed E-state index contributed by atoms with van der Waals surface area (Å²) in [4.78, 5) is 91.5. The highest BCUT2D eigenvalue weighted by atomic mass is 16.5. The third-order valence-electron chi connectivity index (χ3n) is 8.85. The van der Waals surface area contributed by atoms with Crippen LogP contribution in [-0.4, -0.2) is 96.0 Å². The first-order chi connectivity index (χ1) is 25.2. The molecule has 4 atom stereocenters. The minimum absolute atomic E-state index is 0.103. The second-order valence-electron chi connectivity index (χ2n) is 13.3. The molecule has 0 aromatic heterocycles. The third kappa shape index (κ3) is 12.9. The second-order valence-corrected chi connectivity index (χ2v) is 13.3. The Morgan fingerprint density at radius 3 is 2.21 bits per heavy atom. The first kappa shape index (κ1) is 41.9. The van der Waals surface area contributed by atoms with Crippen LogP contribution in [0, 0.1) is 12.8 Å². The summed E-state index contributed by atoms with van der Waals surface area (Å²) in [5.74, 6) is -5.07. The van der Waals surface area contributed by atoms with E-state index in [1.165, 1.54) is 4.90 Å². The molecule has 16 nitrogen and oxygen atoms in total. The van der Waals surface area contributed by atoms with Crippen molar-refractivity contribution in [2.45, 2.75) is 89.9 Å². The molecule has 1 aliphatic rings. The van der Waals surface area contributed by atoms with Gasteiger partial charge in [0.2, 0.25) is 23.6 Å². The standard InChI is InChI=1S/C37H51N7O9/c1-22(2)32(35(49)44-19-9-13-29(44)36(50)51)43-34(48)28(21-31(46)53-4)41-33(47)27(12-7-8-18-38)40-30(45)20-24-14-16-25(17-15-24)39-37(52)42-26-11-6-5-10-23(26)3/h5-6,10-11,14-17,22,27-29,32H,7-9,12-13,18-21,38H2,1-4H3,(H,40,45)(H,41,47)(H,43,48)(H,50,51)(H2,39,42,52)/t27-,28-,29?,32-/m0/s1. The van der Waals surface area contributed by atoms with E-state index in [0.29, 0.717) is 42.7 Å². The number of rotatable bonds is 18. The Bertz CT molecular complexity index is 1620. The van der Waals surface area contributed by atoms with Crippen molar-refractivity contribution in [3.63, 3.8) is 0 Å². The maximum Gasteiger partial charge on any atom is 0.326 e. The molecular formula is C37H51N7O9. The van der Waals surface area contributed by atoms with Gasteiger partial charge in [-0.05, 0) is 80.8 Å². The van der Waals surface area contributed by atoms with Gasteiger partial charge in [0.15, 0.2) is 0 Å². The number of nitrogens with one attached hydrogen (secondary N) is 5. The number of likely N-dealkylation sites (tertiary alicyclic amines) is 1. The number of hydrogen-bond donors (Lipinski definition) is 7. The van der Waals surface area contributed by atoms with Crippen molar-refractivity contribution in [1.82, 2.24) is 20.9 Å². The number of carboxylic acid groups (broad SMARTS) is 1. The van der Waals surface area contributed by atoms with Gasteiger partial charge in [0.25, 0.3) is 0 Å². The summed E-state index contributed by atoms with van der Waals surface area (Å²) in [6.45, 7) is 5.80. The Hall–Kier alpha value is -5.51. The molecular weight excluding hydrogens is 686 g/mol. The topological polar surface area (TPSA) is 238 Å². The molecule has 8 N–H and O–H groups in total. The molecule has 2 aromatic carbocycles. The van der Waals surface area contributed by atoms with Gasteiger partial charge in [0.05, 0.1) is 20.0 Å². The van der Waals surface area contributed by atoms with Crippen molar-refractivity contribution >= 4 is 53.0 Å². The molecule has 2 aromatic rings. The number of nitrogens with zero attached hydrogens (tertiary/aromatic N) is 1. The number of unbranched alkanes of at least 4 members (excludes halogenated alkanes) is 1. The lowest BCUT2D eigenvalue weighted by molar-refractivity contribution is -0.150. The van der Waals surface area contributed by atoms with E-state index in [9.17, 15) is 38.7 Å². The van der Waals surface area contributed by atoms with Gasteiger partial charge in [-0.2, -0.15) is 0 Å². The van der Waals surface area contributed by atoms with E-state index in [2.05, 4.69) is 26.6 Å². The van der Waals surface area contributed by atoms with Crippen LogP contribution >= 0.6 is 0 Å². The number of hydrogen-bond acceptors (Lipinski definition) is 9. The van der Waals surface area contributed by atoms with Crippen molar-refractivity contribution in [3.05, 3.63) is 59.7 Å². The number of ether oxygens (including phenoxy) is 1. The third-order valence-corrected chi connectivity index (χ3v) is 8.85. The molecule has 288 valence electrons. The lowest BCUT2D eigenvalue weighted by atomic mass is 10.0. The summed E-state index contributed by atoms with van der Waals surface area (Å²) in [7, 11) is 1.12. The number of carboxylic acids is 1. The van der Waals surface area contributed by atoms with Crippen LogP contribution < -0.4 is 32.3 Å². The molecule has 1 aliphatic heterocycles. The van der Waals surface area contributed by atoms with E-state index in [-0.39, 0.29) is 25.8 Å². The number of amides is 6. The van der Waals surface area contributed by atoms with Gasteiger partial charge < -0.3 is 47.1 Å². The maximum absolute atomic E-state index is 13.6. The largest absolute Gasteiger partial charge is 0.480 e. The van der Waals surface area contributed by atoms with Crippen LogP contribution in [0.5, 0.6) is 0 Å². The van der Waals surface area contributed by atoms with Gasteiger partial charge in [-0.3, -0.25) is 24.0 Å². The van der Waals surface area contributed by atoms with Crippen LogP contribution in [-0.2, 0) is 39.9 Å². The van der Waals surface area contributed by atoms with Gasteiger partial charge in [-0.1, -0.05) is 44.2 Å². The Morgan fingerprint density at radius 2 is 1.58 bits per heavy atom. The van der Waals surface area contributed by atoms with E-state index >= 15 is 0 Å². The zero-order valence-electron chi connectivity index (χ0n) is 30.6. The van der Waals surface area contributed by atoms with Crippen LogP contribution in [0.1, 0.15) is 63.5 Å². The zero-order chi connectivity index (χ0) is 39.1. The smallest absolute Gasteiger partial charge is 0.326 e. The van der Waals surface area contributed by atoms with E-state index < -0.39 is 78.1 Å². The van der Waals surface area contributed by atoms with E-state index in [4.69, 9.17) is 10.5 Å². The van der Waals surface area contributed by atoms with Gasteiger partial charge in [0.1, 0.15) is 24.2 Å². The molecule has 53 heavy (non-hydrogen) atoms. The Kier molecular flexibility index (Phi) is 16.2. The molecule has 1 fully saturated rings. The lowest BCUT2D eigenvalue weighted by Gasteiger charge is -2.30. The van der Waals surface area contributed by atoms with E-state index in [1.54, 1.807) is 44.2 Å². The monoisotopic (exact) mass is 737 g/mol. The highest BCUT2D eigenvalue weighted by Crippen LogP contribution is 2.21. The Balaban J connectivity index is 1.68. The summed E-state index contributed by atoms with van der Waals surface area (Å²) in [5, 5.41) is 23.0. The number of benzene rings is 2. The number of carbonyl (C=O) groups is 7. The molecule has 1 unspecified atom stereocenters. The first-order valence-corrected chi connectivity index (χ1v) is 17.7. The highest BCUT2D eigenvalue weighted by molar-refractivity contribution is 6.00. The lowest BCUT2D eigenvalue weighted by Crippen LogP contribution is -2.59. The van der Waals surface area contributed by atoms with Crippen molar-refractivity contribution in [2.24, 2.45) is 11.7 Å². The predicted octanol–water partition coefficient (Wildman–Crippen LogP) is 2.06. The number of methoxy groups -OCH3 is 1. The van der Waals surface area contributed by atoms with Gasteiger partial charge in [-0.25, -0.2) is 9.59 Å². The summed E-state index contributed by atoms with van der Waals surface area (Å²) in [6.07, 6.45) is 1.32. The number of urea groups is 1. The molecule has 1 heterocycles. The summed E-state index contributed by atoms with van der Waals surface area (Å²) in [5.41, 5.74) is 8.33. The molecule has 3 rings (SSSR count). The molecule has 16 heteroatoms. The van der Waals surface area contributed by atoms with Crippen molar-refractivity contribution in [1.29, 1.82) is 0 Å². The fourth-order valence-corrected chi connectivity index (χ4v) is 5.86. The SMILES string of the molecule is COC(=O)C[C@H](NC(=O)[C@H](CCCCN)NC(=O)Cc1ccc(NC(=O)Nc2ccccc2C)cc1)C(=O)N[C@H](C(=O)N1CCCC1C(=O)O)C(C)C. The van der Waals surface area contributed by atoms with Gasteiger partial charge in [-0.15, -0.1) is 0 Å². The zero-order valence-corrected chi connectivity index (χ0v) is 30.6. The molecule has 0 bridgehead atoms. The van der Waals surface area contributed by atoms with Crippen LogP contribution in [0.25, 0.3) is 0 Å². The average molecular weight is 738 g/mol. The maximum atomic E-state index is 13.6. The number of aryl methyl sites for hydroxylation is 1. The fraction of sp³-hybridized carbons (Fsp3) is 0.486.